The Morgan fingerprint density at radius 3 is 2.90 bits per heavy atom. The number of likely N-dealkylation sites (tertiary alicyclic amines) is 1. The number of aryl methyl sites for hydroxylation is 1. The third-order valence-electron chi connectivity index (χ3n) is 5.33. The molecule has 3 aromatic rings. The molecule has 154 valence electrons. The van der Waals surface area contributed by atoms with Crippen LogP contribution >= 0.6 is 0 Å². The average molecular weight is 397 g/mol. The standard InChI is InChI=1S/C20H27N7O2/c1-13-7-8-17(29-13)15-10-16(22-21-15)20(28)27-9-5-6-14(11-27)19-24-23-18(26(19)4)12-25(2)3/h7-8,10,14H,5-6,9,11-12H2,1-4H3,(H,21,22). The Hall–Kier alpha value is -2.94. The maximum atomic E-state index is 13.0. The van der Waals surface area contributed by atoms with Crippen molar-refractivity contribution in [2.24, 2.45) is 7.05 Å². The fraction of sp³-hybridized carbons (Fsp3) is 0.500. The number of rotatable bonds is 5. The molecule has 9 nitrogen and oxygen atoms in total. The molecule has 1 aliphatic heterocycles. The number of nitrogens with zero attached hydrogens (tertiary/aromatic N) is 6. The quantitative estimate of drug-likeness (QED) is 0.709. The van der Waals surface area contributed by atoms with Gasteiger partial charge in [-0.15, -0.1) is 10.2 Å². The largest absolute Gasteiger partial charge is 0.460 e. The number of H-pyrrole nitrogens is 1. The van der Waals surface area contributed by atoms with Gasteiger partial charge in [0, 0.05) is 32.1 Å². The number of furan rings is 1. The monoisotopic (exact) mass is 397 g/mol. The molecule has 0 radical (unpaired) electrons. The summed E-state index contributed by atoms with van der Waals surface area (Å²) in [6.45, 7) is 3.96. The maximum absolute atomic E-state index is 13.0. The minimum Gasteiger partial charge on any atom is -0.460 e. The molecule has 0 aromatic carbocycles. The number of carbonyl (C=O) groups is 1. The molecule has 9 heteroatoms. The highest BCUT2D eigenvalue weighted by molar-refractivity contribution is 5.93. The normalized spacial score (nSPS) is 17.3. The van der Waals surface area contributed by atoms with Crippen molar-refractivity contribution in [3.63, 3.8) is 0 Å². The van der Waals surface area contributed by atoms with Gasteiger partial charge in [-0.1, -0.05) is 0 Å². The Kier molecular flexibility index (Phi) is 5.23. The van der Waals surface area contributed by atoms with Gasteiger partial charge in [-0.2, -0.15) is 5.10 Å². The number of carbonyl (C=O) groups excluding carboxylic acids is 1. The van der Waals surface area contributed by atoms with Crippen LogP contribution in [-0.2, 0) is 13.6 Å². The third-order valence-corrected chi connectivity index (χ3v) is 5.33. The van der Waals surface area contributed by atoms with E-state index >= 15 is 0 Å². The van der Waals surface area contributed by atoms with Gasteiger partial charge in [-0.25, -0.2) is 0 Å². The van der Waals surface area contributed by atoms with Gasteiger partial charge in [0.1, 0.15) is 23.1 Å². The van der Waals surface area contributed by atoms with Crippen LogP contribution in [0.5, 0.6) is 0 Å². The Balaban J connectivity index is 1.48. The first-order valence-electron chi connectivity index (χ1n) is 9.86. The van der Waals surface area contributed by atoms with E-state index in [1.807, 2.05) is 45.1 Å². The zero-order valence-electron chi connectivity index (χ0n) is 17.3. The summed E-state index contributed by atoms with van der Waals surface area (Å²) in [5.74, 6) is 3.47. The summed E-state index contributed by atoms with van der Waals surface area (Å²) >= 11 is 0. The van der Waals surface area contributed by atoms with Gasteiger partial charge in [-0.3, -0.25) is 9.89 Å². The van der Waals surface area contributed by atoms with Crippen LogP contribution in [0.2, 0.25) is 0 Å². The molecule has 1 saturated heterocycles. The van der Waals surface area contributed by atoms with Crippen LogP contribution in [-0.4, -0.2) is 67.9 Å². The van der Waals surface area contributed by atoms with Crippen LogP contribution in [0, 0.1) is 6.92 Å². The summed E-state index contributed by atoms with van der Waals surface area (Å²) in [6.07, 6.45) is 1.93. The molecule has 4 rings (SSSR count). The topological polar surface area (TPSA) is 96.1 Å². The Bertz CT molecular complexity index is 1000. The van der Waals surface area contributed by atoms with Crippen LogP contribution in [0.3, 0.4) is 0 Å². The predicted octanol–water partition coefficient (Wildman–Crippen LogP) is 2.19. The number of aromatic amines is 1. The first-order valence-corrected chi connectivity index (χ1v) is 9.86. The van der Waals surface area contributed by atoms with Crippen LogP contribution in [0.1, 0.15) is 46.7 Å². The first-order chi connectivity index (χ1) is 13.9. The maximum Gasteiger partial charge on any atom is 0.274 e. The van der Waals surface area contributed by atoms with Gasteiger partial charge < -0.3 is 18.8 Å². The molecule has 0 bridgehead atoms. The van der Waals surface area contributed by atoms with Crippen LogP contribution in [0.25, 0.3) is 11.5 Å². The van der Waals surface area contributed by atoms with E-state index in [1.165, 1.54) is 0 Å². The molecule has 0 saturated carbocycles. The van der Waals surface area contributed by atoms with Crippen molar-refractivity contribution in [1.82, 2.24) is 34.8 Å². The van der Waals surface area contributed by atoms with E-state index in [0.717, 1.165) is 43.3 Å². The fourth-order valence-corrected chi connectivity index (χ4v) is 3.82. The lowest BCUT2D eigenvalue weighted by atomic mass is 9.97. The molecule has 0 aliphatic carbocycles. The summed E-state index contributed by atoms with van der Waals surface area (Å²) < 4.78 is 7.67. The number of amides is 1. The molecule has 1 N–H and O–H groups in total. The summed E-state index contributed by atoms with van der Waals surface area (Å²) in [5, 5.41) is 15.9. The number of hydrogen-bond donors (Lipinski definition) is 1. The van der Waals surface area contributed by atoms with Gasteiger partial charge in [0.15, 0.2) is 11.5 Å². The van der Waals surface area contributed by atoms with Crippen molar-refractivity contribution in [3.05, 3.63) is 41.3 Å². The van der Waals surface area contributed by atoms with Gasteiger partial charge in [0.05, 0.1) is 6.54 Å². The molecule has 29 heavy (non-hydrogen) atoms. The van der Waals surface area contributed by atoms with Crippen LogP contribution < -0.4 is 0 Å². The van der Waals surface area contributed by atoms with Gasteiger partial charge in [0.25, 0.3) is 5.91 Å². The van der Waals surface area contributed by atoms with E-state index in [4.69, 9.17) is 4.42 Å². The molecule has 1 unspecified atom stereocenters. The highest BCUT2D eigenvalue weighted by Gasteiger charge is 2.30. The smallest absolute Gasteiger partial charge is 0.274 e. The summed E-state index contributed by atoms with van der Waals surface area (Å²) in [4.78, 5) is 17.0. The molecule has 3 aromatic heterocycles. The second-order valence-corrected chi connectivity index (χ2v) is 7.94. The second-order valence-electron chi connectivity index (χ2n) is 7.94. The number of hydrogen-bond acceptors (Lipinski definition) is 6. The molecule has 1 atom stereocenters. The number of nitrogens with one attached hydrogen (secondary N) is 1. The Labute approximate surface area is 169 Å². The summed E-state index contributed by atoms with van der Waals surface area (Å²) in [7, 11) is 6.02. The minimum atomic E-state index is -0.0730. The van der Waals surface area contributed by atoms with Crippen molar-refractivity contribution in [3.8, 4) is 11.5 Å². The second kappa shape index (κ2) is 7.82. The van der Waals surface area contributed by atoms with Crippen LogP contribution in [0.4, 0.5) is 0 Å². The van der Waals surface area contributed by atoms with E-state index in [1.54, 1.807) is 6.07 Å². The van der Waals surface area contributed by atoms with Crippen molar-refractivity contribution in [1.29, 1.82) is 0 Å². The van der Waals surface area contributed by atoms with E-state index in [9.17, 15) is 4.79 Å². The predicted molar refractivity (Wildman–Crippen MR) is 107 cm³/mol. The third kappa shape index (κ3) is 3.95. The molecular weight excluding hydrogens is 370 g/mol. The molecule has 4 heterocycles. The van der Waals surface area contributed by atoms with Gasteiger partial charge >= 0.3 is 0 Å². The Morgan fingerprint density at radius 2 is 2.17 bits per heavy atom. The van der Waals surface area contributed by atoms with Crippen molar-refractivity contribution in [2.75, 3.05) is 27.2 Å². The molecule has 0 spiro atoms. The minimum absolute atomic E-state index is 0.0730. The van der Waals surface area contributed by atoms with E-state index < -0.39 is 0 Å². The van der Waals surface area contributed by atoms with Crippen LogP contribution in [0.15, 0.2) is 22.6 Å². The zero-order chi connectivity index (χ0) is 20.5. The number of aromatic nitrogens is 5. The zero-order valence-corrected chi connectivity index (χ0v) is 17.3. The van der Waals surface area contributed by atoms with Gasteiger partial charge in [-0.05, 0) is 46.0 Å². The van der Waals surface area contributed by atoms with E-state index in [0.29, 0.717) is 23.7 Å². The van der Waals surface area contributed by atoms with Crippen molar-refractivity contribution in [2.45, 2.75) is 32.2 Å². The molecular formula is C20H27N7O2. The van der Waals surface area contributed by atoms with Gasteiger partial charge in [0.2, 0.25) is 0 Å². The van der Waals surface area contributed by atoms with E-state index in [2.05, 4.69) is 29.9 Å². The first kappa shape index (κ1) is 19.4. The fourth-order valence-electron chi connectivity index (χ4n) is 3.82. The lowest BCUT2D eigenvalue weighted by molar-refractivity contribution is 0.0697. The summed E-state index contributed by atoms with van der Waals surface area (Å²) in [6, 6.07) is 5.51. The highest BCUT2D eigenvalue weighted by Crippen LogP contribution is 2.27. The summed E-state index contributed by atoms with van der Waals surface area (Å²) in [5.41, 5.74) is 1.11. The highest BCUT2D eigenvalue weighted by atomic mass is 16.3. The lowest BCUT2D eigenvalue weighted by Gasteiger charge is -2.31. The van der Waals surface area contributed by atoms with Crippen molar-refractivity contribution >= 4 is 5.91 Å². The lowest BCUT2D eigenvalue weighted by Crippen LogP contribution is -2.40. The molecule has 1 aliphatic rings. The molecule has 1 fully saturated rings. The SMILES string of the molecule is Cc1ccc(-c2cc(C(=O)N3CCCC(c4nnc(CN(C)C)n4C)C3)n[nH]2)o1. The van der Waals surface area contributed by atoms with E-state index in [-0.39, 0.29) is 11.8 Å². The molecule has 1 amide bonds. The Morgan fingerprint density at radius 1 is 1.34 bits per heavy atom. The van der Waals surface area contributed by atoms with Crippen molar-refractivity contribution < 1.29 is 9.21 Å². The number of piperidine rings is 1. The average Bonchev–Trinajstić information content (AvgIpc) is 3.42.